The first kappa shape index (κ1) is 24.8. The molecule has 0 aromatic carbocycles. The molecule has 1 saturated carbocycles. The molecule has 0 bridgehead atoms. The van der Waals surface area contributed by atoms with E-state index in [1.165, 1.54) is 0 Å². The number of nitrogens with zero attached hydrogens (tertiary/aromatic N) is 3. The maximum atomic E-state index is 6.25. The molecule has 1 aliphatic carbocycles. The molecule has 9 heteroatoms. The molecule has 1 heterocycles. The lowest BCUT2D eigenvalue weighted by molar-refractivity contribution is -0.938. The molecule has 0 aliphatic heterocycles. The molecular weight excluding hydrogens is 419 g/mol. The zero-order valence-electron chi connectivity index (χ0n) is 18.2. The number of amidine groups is 1. The number of rotatable bonds is 9. The van der Waals surface area contributed by atoms with E-state index in [-0.39, 0.29) is 0 Å². The van der Waals surface area contributed by atoms with Crippen LogP contribution in [0.2, 0.25) is 5.02 Å². The minimum absolute atomic E-state index is 0.334. The summed E-state index contributed by atoms with van der Waals surface area (Å²) in [6, 6.07) is 3.99. The molecule has 0 amide bonds. The van der Waals surface area contributed by atoms with Crippen molar-refractivity contribution in [1.82, 2.24) is 15.2 Å². The van der Waals surface area contributed by atoms with Crippen LogP contribution in [0.25, 0.3) is 0 Å². The molecule has 30 heavy (non-hydrogen) atoms. The Morgan fingerprint density at radius 3 is 2.80 bits per heavy atom. The van der Waals surface area contributed by atoms with Crippen molar-refractivity contribution < 1.29 is 9.67 Å². The number of nitrogens with two attached hydrogens (primary N) is 1. The van der Waals surface area contributed by atoms with Gasteiger partial charge in [-0.1, -0.05) is 18.2 Å². The number of pyridine rings is 1. The number of aromatic nitrogens is 1. The molecule has 0 spiro atoms. The van der Waals surface area contributed by atoms with Gasteiger partial charge in [0.1, 0.15) is 9.39 Å². The smallest absolute Gasteiger partial charge is 0.202 e. The van der Waals surface area contributed by atoms with Gasteiger partial charge in [0.2, 0.25) is 5.70 Å². The molecule has 2 atom stereocenters. The Balaban J connectivity index is 2.11. The van der Waals surface area contributed by atoms with Crippen LogP contribution in [0.4, 0.5) is 0 Å². The maximum absolute atomic E-state index is 6.25. The standard InChI is InChI=1S/C21H34ClN6OP/c1-5-20(28(30)29-4)21(25-13-16-8-10-17(23)11-9-16)26-15(2)27(3)14-19-18(22)7-6-12-24-19/h5-7,12,16-17H,2,8-11,13-14,23,30H2,1,3-4H3,(H,25,26)/p+1/b20-5+. The molecule has 1 aromatic heterocycles. The second-order valence-corrected chi connectivity index (χ2v) is 8.53. The number of allylic oxidation sites excluding steroid dienone is 1. The molecule has 166 valence electrons. The average Bonchev–Trinajstić information content (AvgIpc) is 2.74. The first-order chi connectivity index (χ1) is 14.3. The van der Waals surface area contributed by atoms with Gasteiger partial charge in [0.15, 0.2) is 5.84 Å². The fourth-order valence-electron chi connectivity index (χ4n) is 3.38. The summed E-state index contributed by atoms with van der Waals surface area (Å²) in [6.07, 6.45) is 8.09. The molecular formula is C21H35ClN6OP+. The van der Waals surface area contributed by atoms with Crippen molar-refractivity contribution in [2.75, 3.05) is 20.7 Å². The summed E-state index contributed by atoms with van der Waals surface area (Å²) in [4.78, 5) is 17.4. The van der Waals surface area contributed by atoms with Crippen LogP contribution in [0.3, 0.4) is 0 Å². The summed E-state index contributed by atoms with van der Waals surface area (Å²) < 4.78 is 0. The largest absolute Gasteiger partial charge is 0.356 e. The molecule has 4 N–H and O–H groups in total. The summed E-state index contributed by atoms with van der Waals surface area (Å²) in [7, 11) is 6.22. The third-order valence-electron chi connectivity index (χ3n) is 5.37. The summed E-state index contributed by atoms with van der Waals surface area (Å²) in [5.41, 5.74) is 7.73. The topological polar surface area (TPSA) is 80.2 Å². The van der Waals surface area contributed by atoms with Crippen molar-refractivity contribution in [3.63, 3.8) is 0 Å². The predicted molar refractivity (Wildman–Crippen MR) is 127 cm³/mol. The molecule has 1 aromatic rings. The Hall–Kier alpha value is -1.50. The Morgan fingerprint density at radius 2 is 2.20 bits per heavy atom. The van der Waals surface area contributed by atoms with Gasteiger partial charge in [-0.05, 0) is 56.7 Å². The second-order valence-electron chi connectivity index (χ2n) is 7.60. The SMILES string of the molecule is C=C(NC(=NCC1CCC(N)CC1)/C(=C\C)[NH+](P)OC)N(C)Cc1ncccc1Cl. The minimum Gasteiger partial charge on any atom is -0.356 e. The Labute approximate surface area is 187 Å². The van der Waals surface area contributed by atoms with E-state index in [9.17, 15) is 0 Å². The Bertz CT molecular complexity index is 764. The number of hydroxylamine groups is 1. The highest BCUT2D eigenvalue weighted by atomic mass is 35.5. The van der Waals surface area contributed by atoms with Crippen LogP contribution in [-0.2, 0) is 11.4 Å². The van der Waals surface area contributed by atoms with Crippen LogP contribution in [0.1, 0.15) is 38.3 Å². The maximum Gasteiger partial charge on any atom is 0.202 e. The lowest BCUT2D eigenvalue weighted by Crippen LogP contribution is -3.00. The number of hydrogen-bond donors (Lipinski definition) is 3. The normalized spacial score (nSPS) is 21.3. The predicted octanol–water partition coefficient (Wildman–Crippen LogP) is 2.28. The third-order valence-corrected chi connectivity index (χ3v) is 6.26. The van der Waals surface area contributed by atoms with Gasteiger partial charge in [0, 0.05) is 25.8 Å². The quantitative estimate of drug-likeness (QED) is 0.231. The molecule has 1 aliphatic rings. The average molecular weight is 454 g/mol. The van der Waals surface area contributed by atoms with Crippen molar-refractivity contribution in [1.29, 1.82) is 0 Å². The lowest BCUT2D eigenvalue weighted by atomic mass is 9.86. The number of quaternary nitrogens is 1. The minimum atomic E-state index is 0.334. The summed E-state index contributed by atoms with van der Waals surface area (Å²) in [6.45, 7) is 7.44. The van der Waals surface area contributed by atoms with Gasteiger partial charge >= 0.3 is 0 Å². The molecule has 0 radical (unpaired) electrons. The molecule has 0 saturated heterocycles. The van der Waals surface area contributed by atoms with Crippen molar-refractivity contribution in [2.24, 2.45) is 16.6 Å². The Morgan fingerprint density at radius 1 is 1.50 bits per heavy atom. The van der Waals surface area contributed by atoms with Crippen LogP contribution >= 0.6 is 21.0 Å². The highest BCUT2D eigenvalue weighted by Gasteiger charge is 2.22. The second kappa shape index (κ2) is 12.4. The fourth-order valence-corrected chi connectivity index (χ4v) is 3.86. The van der Waals surface area contributed by atoms with E-state index in [1.54, 1.807) is 13.3 Å². The summed E-state index contributed by atoms with van der Waals surface area (Å²) >= 11 is 6.25. The van der Waals surface area contributed by atoms with Gasteiger partial charge in [-0.2, -0.15) is 0 Å². The lowest BCUT2D eigenvalue weighted by Gasteiger charge is -2.26. The van der Waals surface area contributed by atoms with Gasteiger partial charge in [-0.15, -0.1) is 4.83 Å². The highest BCUT2D eigenvalue weighted by molar-refractivity contribution is 7.07. The van der Waals surface area contributed by atoms with E-state index in [2.05, 4.69) is 26.3 Å². The van der Waals surface area contributed by atoms with Crippen LogP contribution in [0.5, 0.6) is 0 Å². The number of nitrogens with one attached hydrogen (secondary N) is 2. The molecule has 7 nitrogen and oxygen atoms in total. The van der Waals surface area contributed by atoms with Gasteiger partial charge in [0.25, 0.3) is 0 Å². The van der Waals surface area contributed by atoms with Crippen molar-refractivity contribution >= 4 is 26.8 Å². The summed E-state index contributed by atoms with van der Waals surface area (Å²) in [5, 5.41) is 4.01. The Kier molecular flexibility index (Phi) is 10.2. The highest BCUT2D eigenvalue weighted by Crippen LogP contribution is 2.23. The van der Waals surface area contributed by atoms with E-state index >= 15 is 0 Å². The van der Waals surface area contributed by atoms with Crippen LogP contribution in [0.15, 0.2) is 47.5 Å². The summed E-state index contributed by atoms with van der Waals surface area (Å²) in [5.74, 6) is 1.99. The molecule has 2 unspecified atom stereocenters. The van der Waals surface area contributed by atoms with Gasteiger partial charge in [0.05, 0.1) is 30.2 Å². The van der Waals surface area contributed by atoms with E-state index in [4.69, 9.17) is 27.2 Å². The zero-order valence-corrected chi connectivity index (χ0v) is 20.1. The van der Waals surface area contributed by atoms with E-state index in [0.29, 0.717) is 29.3 Å². The van der Waals surface area contributed by atoms with Crippen LogP contribution in [-0.4, -0.2) is 42.5 Å². The van der Waals surface area contributed by atoms with Gasteiger partial charge in [-0.25, -0.2) is 4.84 Å². The molecule has 1 fully saturated rings. The zero-order chi connectivity index (χ0) is 22.1. The van der Waals surface area contributed by atoms with E-state index in [1.807, 2.05) is 37.1 Å². The van der Waals surface area contributed by atoms with E-state index < -0.39 is 0 Å². The fraction of sp³-hybridized carbons (Fsp3) is 0.524. The molecule has 2 rings (SSSR count). The first-order valence-electron chi connectivity index (χ1n) is 10.3. The van der Waals surface area contributed by atoms with Crippen LogP contribution < -0.4 is 15.9 Å². The van der Waals surface area contributed by atoms with Crippen molar-refractivity contribution in [2.45, 2.75) is 45.2 Å². The van der Waals surface area contributed by atoms with Gasteiger partial charge < -0.3 is 16.0 Å². The number of hydrogen-bond acceptors (Lipinski definition) is 5. The van der Waals surface area contributed by atoms with Gasteiger partial charge in [-0.3, -0.25) is 9.98 Å². The van der Waals surface area contributed by atoms with Crippen molar-refractivity contribution in [3.05, 3.63) is 53.2 Å². The third kappa shape index (κ3) is 7.33. The van der Waals surface area contributed by atoms with Crippen molar-refractivity contribution in [3.8, 4) is 0 Å². The first-order valence-corrected chi connectivity index (χ1v) is 11.2. The number of aliphatic imine (C=N–C) groups is 1. The van der Waals surface area contributed by atoms with E-state index in [0.717, 1.165) is 54.3 Å². The monoisotopic (exact) mass is 453 g/mol. The van der Waals surface area contributed by atoms with Crippen LogP contribution in [0, 0.1) is 5.92 Å². The number of halogens is 1.